The highest BCUT2D eigenvalue weighted by atomic mass is 16.5. The minimum atomic E-state index is -1.35. The summed E-state index contributed by atoms with van der Waals surface area (Å²) in [5.41, 5.74) is 1.01. The van der Waals surface area contributed by atoms with Gasteiger partial charge in [-0.25, -0.2) is 0 Å². The number of methoxy groups -OCH3 is 1. The van der Waals surface area contributed by atoms with E-state index >= 15 is 0 Å². The van der Waals surface area contributed by atoms with E-state index < -0.39 is 29.5 Å². The topological polar surface area (TPSA) is 108 Å². The molecule has 0 bridgehead atoms. The molecule has 1 aromatic carbocycles. The van der Waals surface area contributed by atoms with E-state index in [1.54, 1.807) is 14.0 Å². The third-order valence-electron chi connectivity index (χ3n) is 6.49. The molecule has 1 aromatic rings. The van der Waals surface area contributed by atoms with Gasteiger partial charge < -0.3 is 15.2 Å². The van der Waals surface area contributed by atoms with E-state index in [4.69, 9.17) is 4.74 Å². The number of carbonyl (C=O) groups excluding carboxylic acids is 3. The van der Waals surface area contributed by atoms with Gasteiger partial charge >= 0.3 is 0 Å². The van der Waals surface area contributed by atoms with Gasteiger partial charge in [-0.15, -0.1) is 0 Å². The number of ether oxygens (including phenoxy) is 1. The summed E-state index contributed by atoms with van der Waals surface area (Å²) in [6.07, 6.45) is 0.350. The fourth-order valence-electron chi connectivity index (χ4n) is 5.18. The molecule has 156 valence electrons. The SMILES string of the molecule is CCc1cccc2c1NC(=O)[C@]21N[C@H]([C@H](C)O)[C@H]2C(=O)N(CCCOC)C(=O)[C@H]21. The number of fused-ring (bicyclic) bond motifs is 4. The van der Waals surface area contributed by atoms with Crippen LogP contribution < -0.4 is 10.6 Å². The van der Waals surface area contributed by atoms with Crippen LogP contribution in [-0.2, 0) is 31.1 Å². The molecule has 2 saturated heterocycles. The number of nitrogens with one attached hydrogen (secondary N) is 2. The first-order valence-corrected chi connectivity index (χ1v) is 10.1. The van der Waals surface area contributed by atoms with Crippen molar-refractivity contribution in [2.45, 2.75) is 44.4 Å². The van der Waals surface area contributed by atoms with Crippen LogP contribution in [0.3, 0.4) is 0 Å². The van der Waals surface area contributed by atoms with Crippen molar-refractivity contribution in [2.75, 3.05) is 25.6 Å². The van der Waals surface area contributed by atoms with Crippen LogP contribution >= 0.6 is 0 Å². The zero-order valence-corrected chi connectivity index (χ0v) is 16.9. The number of amides is 3. The van der Waals surface area contributed by atoms with Gasteiger partial charge in [0, 0.05) is 37.6 Å². The number of hydrogen-bond acceptors (Lipinski definition) is 6. The molecule has 8 nitrogen and oxygen atoms in total. The molecule has 0 aliphatic carbocycles. The second-order valence-corrected chi connectivity index (χ2v) is 8.04. The van der Waals surface area contributed by atoms with Crippen molar-refractivity contribution in [3.63, 3.8) is 0 Å². The number of benzene rings is 1. The summed E-state index contributed by atoms with van der Waals surface area (Å²) in [5, 5.41) is 16.5. The largest absolute Gasteiger partial charge is 0.392 e. The first-order chi connectivity index (χ1) is 13.9. The monoisotopic (exact) mass is 401 g/mol. The van der Waals surface area contributed by atoms with Crippen molar-refractivity contribution in [2.24, 2.45) is 11.8 Å². The molecule has 0 aromatic heterocycles. The lowest BCUT2D eigenvalue weighted by molar-refractivity contribution is -0.143. The first kappa shape index (κ1) is 20.0. The number of para-hydroxylation sites is 1. The predicted molar refractivity (Wildman–Crippen MR) is 105 cm³/mol. The van der Waals surface area contributed by atoms with Gasteiger partial charge in [-0.05, 0) is 25.3 Å². The van der Waals surface area contributed by atoms with Crippen molar-refractivity contribution < 1.29 is 24.2 Å². The highest BCUT2D eigenvalue weighted by Gasteiger charge is 2.71. The number of rotatable bonds is 6. The second-order valence-electron chi connectivity index (χ2n) is 8.04. The molecular weight excluding hydrogens is 374 g/mol. The molecular formula is C21H27N3O5. The fraction of sp³-hybridized carbons (Fsp3) is 0.571. The molecule has 4 rings (SSSR count). The van der Waals surface area contributed by atoms with Crippen LogP contribution in [0.1, 0.15) is 31.4 Å². The lowest BCUT2D eigenvalue weighted by atomic mass is 9.76. The minimum Gasteiger partial charge on any atom is -0.392 e. The molecule has 3 amide bonds. The van der Waals surface area contributed by atoms with E-state index in [1.165, 1.54) is 4.90 Å². The van der Waals surface area contributed by atoms with E-state index in [2.05, 4.69) is 10.6 Å². The Kier molecular flexibility index (Phi) is 4.96. The molecule has 2 fully saturated rings. The number of aryl methyl sites for hydroxylation is 1. The summed E-state index contributed by atoms with van der Waals surface area (Å²) in [6, 6.07) is 4.94. The highest BCUT2D eigenvalue weighted by molar-refractivity contribution is 6.15. The van der Waals surface area contributed by atoms with Crippen molar-refractivity contribution in [1.29, 1.82) is 0 Å². The Morgan fingerprint density at radius 3 is 2.69 bits per heavy atom. The maximum atomic E-state index is 13.4. The molecule has 3 heterocycles. The van der Waals surface area contributed by atoms with Gasteiger partial charge in [0.05, 0.1) is 17.9 Å². The summed E-state index contributed by atoms with van der Waals surface area (Å²) < 4.78 is 5.04. The highest BCUT2D eigenvalue weighted by Crippen LogP contribution is 2.53. The van der Waals surface area contributed by atoms with Crippen molar-refractivity contribution in [1.82, 2.24) is 10.2 Å². The average Bonchev–Trinajstić information content (AvgIpc) is 3.28. The van der Waals surface area contributed by atoms with Crippen LogP contribution in [0.25, 0.3) is 0 Å². The van der Waals surface area contributed by atoms with Crippen LogP contribution in [-0.4, -0.2) is 60.1 Å². The number of likely N-dealkylation sites (tertiary alicyclic amines) is 1. The van der Waals surface area contributed by atoms with E-state index in [1.807, 2.05) is 25.1 Å². The van der Waals surface area contributed by atoms with E-state index in [-0.39, 0.29) is 24.3 Å². The normalized spacial score (nSPS) is 31.4. The zero-order valence-electron chi connectivity index (χ0n) is 16.9. The van der Waals surface area contributed by atoms with Crippen LogP contribution in [0, 0.1) is 11.8 Å². The molecule has 3 N–H and O–H groups in total. The Morgan fingerprint density at radius 2 is 2.03 bits per heavy atom. The van der Waals surface area contributed by atoms with Crippen LogP contribution in [0.4, 0.5) is 5.69 Å². The fourth-order valence-corrected chi connectivity index (χ4v) is 5.18. The molecule has 5 atom stereocenters. The van der Waals surface area contributed by atoms with Gasteiger partial charge in [0.2, 0.25) is 17.7 Å². The first-order valence-electron chi connectivity index (χ1n) is 10.1. The average molecular weight is 401 g/mol. The second kappa shape index (κ2) is 7.19. The Labute approximate surface area is 169 Å². The number of imide groups is 1. The predicted octanol–water partition coefficient (Wildman–Crippen LogP) is 0.387. The summed E-state index contributed by atoms with van der Waals surface area (Å²) in [4.78, 5) is 41.1. The molecule has 0 radical (unpaired) electrons. The lowest BCUT2D eigenvalue weighted by Gasteiger charge is -2.30. The van der Waals surface area contributed by atoms with Crippen LogP contribution in [0.2, 0.25) is 0 Å². The number of anilines is 1. The number of nitrogens with zero attached hydrogens (tertiary/aromatic N) is 1. The molecule has 3 aliphatic rings. The van der Waals surface area contributed by atoms with Crippen LogP contribution in [0.5, 0.6) is 0 Å². The summed E-state index contributed by atoms with van der Waals surface area (Å²) >= 11 is 0. The molecule has 1 spiro atoms. The standard InChI is InChI=1S/C21H27N3O5/c1-4-12-7-5-8-13-17(12)22-20(28)21(13)15-14(16(23-21)11(2)25)18(26)24(19(15)27)9-6-10-29-3/h5,7-8,11,14-16,23,25H,4,6,9-10H2,1-3H3,(H,22,28)/t11-,14-,15-,16+,21-/m0/s1. The number of aliphatic hydroxyl groups is 1. The molecule has 0 saturated carbocycles. The zero-order chi connectivity index (χ0) is 20.9. The number of hydrogen-bond donors (Lipinski definition) is 3. The quantitative estimate of drug-likeness (QED) is 0.470. The molecule has 29 heavy (non-hydrogen) atoms. The van der Waals surface area contributed by atoms with Gasteiger partial charge in [-0.2, -0.15) is 0 Å². The van der Waals surface area contributed by atoms with Crippen molar-refractivity contribution in [3.8, 4) is 0 Å². The van der Waals surface area contributed by atoms with Crippen LogP contribution in [0.15, 0.2) is 18.2 Å². The molecule has 0 unspecified atom stereocenters. The Balaban J connectivity index is 1.82. The van der Waals surface area contributed by atoms with Gasteiger partial charge in [0.25, 0.3) is 0 Å². The minimum absolute atomic E-state index is 0.241. The molecule has 8 heteroatoms. The van der Waals surface area contributed by atoms with E-state index in [0.29, 0.717) is 24.3 Å². The van der Waals surface area contributed by atoms with E-state index in [9.17, 15) is 19.5 Å². The summed E-state index contributed by atoms with van der Waals surface area (Å²) in [6.45, 7) is 4.25. The molecule has 3 aliphatic heterocycles. The Bertz CT molecular complexity index is 870. The maximum absolute atomic E-state index is 13.4. The third-order valence-corrected chi connectivity index (χ3v) is 6.49. The Morgan fingerprint density at radius 1 is 1.28 bits per heavy atom. The van der Waals surface area contributed by atoms with Gasteiger partial charge in [-0.1, -0.05) is 25.1 Å². The number of carbonyl (C=O) groups is 3. The van der Waals surface area contributed by atoms with Gasteiger partial charge in [0.15, 0.2) is 0 Å². The van der Waals surface area contributed by atoms with Crippen molar-refractivity contribution in [3.05, 3.63) is 29.3 Å². The van der Waals surface area contributed by atoms with Crippen molar-refractivity contribution >= 4 is 23.4 Å². The summed E-state index contributed by atoms with van der Waals surface area (Å²) in [5.74, 6) is -2.71. The third kappa shape index (κ3) is 2.66. The maximum Gasteiger partial charge on any atom is 0.250 e. The number of aliphatic hydroxyl groups excluding tert-OH is 1. The van der Waals surface area contributed by atoms with Gasteiger partial charge in [-0.3, -0.25) is 24.6 Å². The Hall–Kier alpha value is -2.29. The van der Waals surface area contributed by atoms with Gasteiger partial charge in [0.1, 0.15) is 5.54 Å². The lowest BCUT2D eigenvalue weighted by Crippen LogP contribution is -2.54. The summed E-state index contributed by atoms with van der Waals surface area (Å²) in [7, 11) is 1.57. The van der Waals surface area contributed by atoms with E-state index in [0.717, 1.165) is 12.0 Å². The smallest absolute Gasteiger partial charge is 0.250 e.